The van der Waals surface area contributed by atoms with E-state index in [9.17, 15) is 9.59 Å². The molecule has 1 aliphatic heterocycles. The van der Waals surface area contributed by atoms with Crippen molar-refractivity contribution in [2.75, 3.05) is 13.1 Å². The summed E-state index contributed by atoms with van der Waals surface area (Å²) in [7, 11) is 0. The molecule has 0 spiro atoms. The Labute approximate surface area is 158 Å². The molecule has 1 amide bonds. The van der Waals surface area contributed by atoms with Crippen LogP contribution in [0.5, 0.6) is 0 Å². The minimum absolute atomic E-state index is 0.109. The maximum atomic E-state index is 12.9. The van der Waals surface area contributed by atoms with Crippen LogP contribution in [0.15, 0.2) is 53.3 Å². The van der Waals surface area contributed by atoms with Gasteiger partial charge in [-0.05, 0) is 36.6 Å². The predicted molar refractivity (Wildman–Crippen MR) is 106 cm³/mol. The number of benzene rings is 2. The van der Waals surface area contributed by atoms with E-state index in [0.29, 0.717) is 11.8 Å². The first kappa shape index (κ1) is 17.5. The van der Waals surface area contributed by atoms with Crippen molar-refractivity contribution in [1.29, 1.82) is 0 Å². The molecule has 2 aromatic carbocycles. The molecule has 2 heterocycles. The Hall–Kier alpha value is -2.95. The number of H-pyrrole nitrogens is 1. The zero-order chi connectivity index (χ0) is 18.6. The van der Waals surface area contributed by atoms with Crippen LogP contribution < -0.4 is 5.56 Å². The first-order valence-electron chi connectivity index (χ1n) is 9.57. The molecule has 0 radical (unpaired) electrons. The number of rotatable bonds is 3. The molecule has 0 saturated carbocycles. The van der Waals surface area contributed by atoms with Crippen LogP contribution in [0.4, 0.5) is 0 Å². The Morgan fingerprint density at radius 1 is 0.963 bits per heavy atom. The highest BCUT2D eigenvalue weighted by Gasteiger charge is 2.17. The summed E-state index contributed by atoms with van der Waals surface area (Å²) in [6, 6.07) is 15.2. The van der Waals surface area contributed by atoms with Gasteiger partial charge in [0.15, 0.2) is 0 Å². The molecule has 5 heteroatoms. The minimum atomic E-state index is -0.181. The van der Waals surface area contributed by atoms with Crippen LogP contribution in [-0.4, -0.2) is 34.1 Å². The van der Waals surface area contributed by atoms with Gasteiger partial charge in [-0.25, -0.2) is 5.10 Å². The van der Waals surface area contributed by atoms with Gasteiger partial charge in [0.05, 0.1) is 11.1 Å². The van der Waals surface area contributed by atoms with Gasteiger partial charge in [-0.15, -0.1) is 0 Å². The van der Waals surface area contributed by atoms with Gasteiger partial charge in [0.2, 0.25) is 0 Å². The summed E-state index contributed by atoms with van der Waals surface area (Å²) in [6.45, 7) is 1.68. The molecule has 3 aromatic rings. The number of hydrogen-bond donors (Lipinski definition) is 1. The number of aromatic nitrogens is 2. The van der Waals surface area contributed by atoms with Crippen LogP contribution in [0.3, 0.4) is 0 Å². The molecule has 27 heavy (non-hydrogen) atoms. The van der Waals surface area contributed by atoms with Gasteiger partial charge in [-0.1, -0.05) is 43.2 Å². The lowest BCUT2D eigenvalue weighted by molar-refractivity contribution is 0.0761. The van der Waals surface area contributed by atoms with Gasteiger partial charge in [-0.3, -0.25) is 9.59 Å². The standard InChI is InChI=1S/C22H23N3O2/c26-21-19-11-4-3-10-18(19)20(23-24-21)15-16-8-7-9-17(14-16)22(27)25-12-5-1-2-6-13-25/h3-4,7-11,14H,1-2,5-6,12-13,15H2,(H,24,26). The molecule has 5 nitrogen and oxygen atoms in total. The van der Waals surface area contributed by atoms with Crippen LogP contribution >= 0.6 is 0 Å². The van der Waals surface area contributed by atoms with E-state index in [1.54, 1.807) is 6.07 Å². The zero-order valence-electron chi connectivity index (χ0n) is 15.3. The van der Waals surface area contributed by atoms with Gasteiger partial charge in [0, 0.05) is 30.5 Å². The van der Waals surface area contributed by atoms with Crippen molar-refractivity contribution in [3.05, 3.63) is 75.7 Å². The van der Waals surface area contributed by atoms with E-state index in [4.69, 9.17) is 0 Å². The number of likely N-dealkylation sites (tertiary alicyclic amines) is 1. The van der Waals surface area contributed by atoms with Crippen LogP contribution in [0.2, 0.25) is 0 Å². The third-order valence-electron chi connectivity index (χ3n) is 5.21. The molecule has 1 N–H and O–H groups in total. The molecule has 1 saturated heterocycles. The van der Waals surface area contributed by atoms with Crippen molar-refractivity contribution in [3.8, 4) is 0 Å². The molecule has 0 atom stereocenters. The van der Waals surface area contributed by atoms with Crippen molar-refractivity contribution in [3.63, 3.8) is 0 Å². The average Bonchev–Trinajstić information content (AvgIpc) is 3.00. The Balaban J connectivity index is 1.61. The van der Waals surface area contributed by atoms with E-state index in [0.717, 1.165) is 48.1 Å². The molecule has 1 aliphatic rings. The van der Waals surface area contributed by atoms with E-state index in [1.165, 1.54) is 12.8 Å². The van der Waals surface area contributed by atoms with Gasteiger partial charge < -0.3 is 4.90 Å². The number of amides is 1. The van der Waals surface area contributed by atoms with Crippen LogP contribution in [0.25, 0.3) is 10.8 Å². The van der Waals surface area contributed by atoms with Gasteiger partial charge in [0.1, 0.15) is 0 Å². The zero-order valence-corrected chi connectivity index (χ0v) is 15.3. The SMILES string of the molecule is O=C(c1cccc(Cc2n[nH]c(=O)c3ccccc23)c1)N1CCCCCC1. The van der Waals surface area contributed by atoms with Gasteiger partial charge >= 0.3 is 0 Å². The van der Waals surface area contributed by atoms with Crippen molar-refractivity contribution >= 4 is 16.7 Å². The second kappa shape index (κ2) is 7.74. The van der Waals surface area contributed by atoms with Gasteiger partial charge in [0.25, 0.3) is 11.5 Å². The Bertz CT molecular complexity index is 1020. The Kier molecular flexibility index (Phi) is 5.01. The molecule has 0 aliphatic carbocycles. The number of nitrogens with zero attached hydrogens (tertiary/aromatic N) is 2. The van der Waals surface area contributed by atoms with Crippen molar-refractivity contribution < 1.29 is 4.79 Å². The summed E-state index contributed by atoms with van der Waals surface area (Å²) < 4.78 is 0. The smallest absolute Gasteiger partial charge is 0.272 e. The topological polar surface area (TPSA) is 66.1 Å². The molecular weight excluding hydrogens is 338 g/mol. The molecule has 0 unspecified atom stereocenters. The van der Waals surface area contributed by atoms with E-state index in [1.807, 2.05) is 47.4 Å². The average molecular weight is 361 g/mol. The monoisotopic (exact) mass is 361 g/mol. The maximum Gasteiger partial charge on any atom is 0.272 e. The number of nitrogens with one attached hydrogen (secondary N) is 1. The third-order valence-corrected chi connectivity index (χ3v) is 5.21. The normalized spacial score (nSPS) is 14.9. The predicted octanol–water partition coefficient (Wildman–Crippen LogP) is 3.53. The first-order chi connectivity index (χ1) is 13.2. The fourth-order valence-corrected chi connectivity index (χ4v) is 3.77. The number of fused-ring (bicyclic) bond motifs is 1. The molecule has 138 valence electrons. The van der Waals surface area contributed by atoms with Crippen LogP contribution in [-0.2, 0) is 6.42 Å². The molecule has 0 bridgehead atoms. The highest BCUT2D eigenvalue weighted by atomic mass is 16.2. The minimum Gasteiger partial charge on any atom is -0.339 e. The van der Waals surface area contributed by atoms with Crippen LogP contribution in [0.1, 0.15) is 47.3 Å². The molecule has 1 aromatic heterocycles. The quantitative estimate of drug-likeness (QED) is 0.776. The first-order valence-corrected chi connectivity index (χ1v) is 9.57. The second-order valence-corrected chi connectivity index (χ2v) is 7.13. The highest BCUT2D eigenvalue weighted by molar-refractivity contribution is 5.94. The lowest BCUT2D eigenvalue weighted by Crippen LogP contribution is -2.31. The Morgan fingerprint density at radius 3 is 2.48 bits per heavy atom. The summed E-state index contributed by atoms with van der Waals surface area (Å²) in [5, 5.41) is 8.31. The second-order valence-electron chi connectivity index (χ2n) is 7.13. The fraction of sp³-hybridized carbons (Fsp3) is 0.318. The van der Waals surface area contributed by atoms with E-state index in [-0.39, 0.29) is 11.5 Å². The van der Waals surface area contributed by atoms with E-state index < -0.39 is 0 Å². The number of carbonyl (C=O) groups excluding carboxylic acids is 1. The van der Waals surface area contributed by atoms with Crippen molar-refractivity contribution in [2.45, 2.75) is 32.1 Å². The fourth-order valence-electron chi connectivity index (χ4n) is 3.77. The lowest BCUT2D eigenvalue weighted by Gasteiger charge is -2.20. The van der Waals surface area contributed by atoms with Crippen molar-refractivity contribution in [2.24, 2.45) is 0 Å². The van der Waals surface area contributed by atoms with E-state index >= 15 is 0 Å². The molecular formula is C22H23N3O2. The van der Waals surface area contributed by atoms with E-state index in [2.05, 4.69) is 10.2 Å². The number of carbonyl (C=O) groups is 1. The lowest BCUT2D eigenvalue weighted by atomic mass is 10.0. The van der Waals surface area contributed by atoms with Gasteiger partial charge in [-0.2, -0.15) is 5.10 Å². The summed E-state index contributed by atoms with van der Waals surface area (Å²) in [6.07, 6.45) is 5.14. The molecule has 4 rings (SSSR count). The summed E-state index contributed by atoms with van der Waals surface area (Å²) in [5.74, 6) is 0.109. The highest BCUT2D eigenvalue weighted by Crippen LogP contribution is 2.19. The largest absolute Gasteiger partial charge is 0.339 e. The van der Waals surface area contributed by atoms with Crippen LogP contribution in [0, 0.1) is 0 Å². The number of hydrogen-bond acceptors (Lipinski definition) is 3. The number of aromatic amines is 1. The summed E-state index contributed by atoms with van der Waals surface area (Å²) >= 11 is 0. The molecule has 1 fully saturated rings. The maximum absolute atomic E-state index is 12.9. The third kappa shape index (κ3) is 3.77. The summed E-state index contributed by atoms with van der Waals surface area (Å²) in [5.41, 5.74) is 2.37. The van der Waals surface area contributed by atoms with Crippen molar-refractivity contribution in [1.82, 2.24) is 15.1 Å². The Morgan fingerprint density at radius 2 is 1.70 bits per heavy atom. The summed E-state index contributed by atoms with van der Waals surface area (Å²) in [4.78, 5) is 26.8.